The van der Waals surface area contributed by atoms with Crippen LogP contribution < -0.4 is 5.73 Å². The molecular formula is C19H22FNO2. The summed E-state index contributed by atoms with van der Waals surface area (Å²) in [5.41, 5.74) is 7.71. The summed E-state index contributed by atoms with van der Waals surface area (Å²) in [6.45, 7) is 6.19. The van der Waals surface area contributed by atoms with Gasteiger partial charge >= 0.3 is 0 Å². The molecular weight excluding hydrogens is 293 g/mol. The summed E-state index contributed by atoms with van der Waals surface area (Å²) in [7, 11) is 0. The Morgan fingerprint density at radius 2 is 1.78 bits per heavy atom. The average molecular weight is 315 g/mol. The molecule has 0 bridgehead atoms. The van der Waals surface area contributed by atoms with Crippen molar-refractivity contribution in [3.05, 3.63) is 65.0 Å². The number of hydrogen-bond donors (Lipinski definition) is 2. The normalized spacial score (nSPS) is 12.9. The zero-order valence-corrected chi connectivity index (χ0v) is 13.6. The van der Waals surface area contributed by atoms with Crippen molar-refractivity contribution in [2.45, 2.75) is 38.5 Å². The second-order valence-corrected chi connectivity index (χ2v) is 6.80. The van der Waals surface area contributed by atoms with Gasteiger partial charge in [-0.3, -0.25) is 4.79 Å². The summed E-state index contributed by atoms with van der Waals surface area (Å²) in [4.78, 5) is 11.8. The molecule has 23 heavy (non-hydrogen) atoms. The molecule has 2 aromatic carbocycles. The van der Waals surface area contributed by atoms with Gasteiger partial charge in [-0.15, -0.1) is 0 Å². The molecule has 3 N–H and O–H groups in total. The van der Waals surface area contributed by atoms with Crippen LogP contribution in [0.2, 0.25) is 0 Å². The first-order valence-corrected chi connectivity index (χ1v) is 7.55. The van der Waals surface area contributed by atoms with Crippen molar-refractivity contribution < 1.29 is 14.3 Å². The fourth-order valence-electron chi connectivity index (χ4n) is 2.50. The summed E-state index contributed by atoms with van der Waals surface area (Å²) in [5, 5.41) is 10.3. The lowest BCUT2D eigenvalue weighted by molar-refractivity contribution is -0.119. The first-order valence-electron chi connectivity index (χ1n) is 7.55. The van der Waals surface area contributed by atoms with Crippen LogP contribution in [0.5, 0.6) is 5.75 Å². The first kappa shape index (κ1) is 17.0. The van der Waals surface area contributed by atoms with Crippen LogP contribution in [0.15, 0.2) is 42.5 Å². The number of primary amides is 1. The molecule has 1 atom stereocenters. The van der Waals surface area contributed by atoms with Crippen LogP contribution in [-0.4, -0.2) is 11.0 Å². The Morgan fingerprint density at radius 1 is 1.17 bits per heavy atom. The van der Waals surface area contributed by atoms with Gasteiger partial charge in [-0.25, -0.2) is 4.39 Å². The van der Waals surface area contributed by atoms with Gasteiger partial charge in [-0.2, -0.15) is 0 Å². The largest absolute Gasteiger partial charge is 0.508 e. The summed E-state index contributed by atoms with van der Waals surface area (Å²) in [6.07, 6.45) is 0.275. The van der Waals surface area contributed by atoms with E-state index < -0.39 is 11.8 Å². The summed E-state index contributed by atoms with van der Waals surface area (Å²) >= 11 is 0. The van der Waals surface area contributed by atoms with Crippen molar-refractivity contribution in [1.82, 2.24) is 0 Å². The van der Waals surface area contributed by atoms with Crippen molar-refractivity contribution in [3.8, 4) is 5.75 Å². The molecule has 2 aromatic rings. The smallest absolute Gasteiger partial charge is 0.225 e. The molecule has 0 aliphatic heterocycles. The highest BCUT2D eigenvalue weighted by molar-refractivity contribution is 5.82. The predicted molar refractivity (Wildman–Crippen MR) is 88.8 cm³/mol. The SMILES string of the molecule is CC(C)(C)c1ccc(CC(C(N)=O)c2ccc(F)cc2)c(O)c1. The van der Waals surface area contributed by atoms with Crippen molar-refractivity contribution in [2.75, 3.05) is 0 Å². The Balaban J connectivity index is 2.31. The number of halogens is 1. The van der Waals surface area contributed by atoms with Gasteiger partial charge in [0.1, 0.15) is 11.6 Å². The van der Waals surface area contributed by atoms with E-state index in [0.29, 0.717) is 11.1 Å². The maximum Gasteiger partial charge on any atom is 0.225 e. The van der Waals surface area contributed by atoms with E-state index in [2.05, 4.69) is 20.8 Å². The molecule has 0 heterocycles. The van der Waals surface area contributed by atoms with Gasteiger partial charge < -0.3 is 10.8 Å². The van der Waals surface area contributed by atoms with E-state index in [1.54, 1.807) is 18.2 Å². The number of aromatic hydroxyl groups is 1. The number of benzene rings is 2. The van der Waals surface area contributed by atoms with E-state index in [0.717, 1.165) is 5.56 Å². The molecule has 4 heteroatoms. The van der Waals surface area contributed by atoms with Crippen LogP contribution in [0.1, 0.15) is 43.4 Å². The Bertz CT molecular complexity index is 702. The number of amides is 1. The molecule has 2 rings (SSSR count). The van der Waals surface area contributed by atoms with Crippen LogP contribution in [0.3, 0.4) is 0 Å². The van der Waals surface area contributed by atoms with Gasteiger partial charge in [0.2, 0.25) is 5.91 Å². The van der Waals surface area contributed by atoms with E-state index in [-0.39, 0.29) is 23.4 Å². The highest BCUT2D eigenvalue weighted by atomic mass is 19.1. The zero-order valence-electron chi connectivity index (χ0n) is 13.6. The molecule has 0 radical (unpaired) electrons. The Hall–Kier alpha value is -2.36. The molecule has 0 saturated carbocycles. The molecule has 0 aliphatic rings. The van der Waals surface area contributed by atoms with Crippen LogP contribution in [-0.2, 0) is 16.6 Å². The topological polar surface area (TPSA) is 63.3 Å². The van der Waals surface area contributed by atoms with Crippen molar-refractivity contribution in [3.63, 3.8) is 0 Å². The van der Waals surface area contributed by atoms with Crippen molar-refractivity contribution in [2.24, 2.45) is 5.73 Å². The van der Waals surface area contributed by atoms with Crippen molar-refractivity contribution in [1.29, 1.82) is 0 Å². The lowest BCUT2D eigenvalue weighted by Crippen LogP contribution is -2.23. The Labute approximate surface area is 136 Å². The van der Waals surface area contributed by atoms with Gasteiger partial charge in [-0.05, 0) is 46.7 Å². The lowest BCUT2D eigenvalue weighted by atomic mass is 9.85. The fourth-order valence-corrected chi connectivity index (χ4v) is 2.50. The maximum absolute atomic E-state index is 13.0. The van der Waals surface area contributed by atoms with Gasteiger partial charge in [0.15, 0.2) is 0 Å². The summed E-state index contributed by atoms with van der Waals surface area (Å²) < 4.78 is 13.0. The standard InChI is InChI=1S/C19H22FNO2/c1-19(2,3)14-7-4-13(17(22)11-14)10-16(18(21)23)12-5-8-15(20)9-6-12/h4-9,11,16,22H,10H2,1-3H3,(H2,21,23). The number of phenolic OH excluding ortho intramolecular Hbond substituents is 1. The van der Waals surface area contributed by atoms with Crippen molar-refractivity contribution >= 4 is 5.91 Å². The highest BCUT2D eigenvalue weighted by Gasteiger charge is 2.21. The second-order valence-electron chi connectivity index (χ2n) is 6.80. The average Bonchev–Trinajstić information content (AvgIpc) is 2.46. The van der Waals surface area contributed by atoms with Gasteiger partial charge in [-0.1, -0.05) is 45.0 Å². The van der Waals surface area contributed by atoms with Crippen LogP contribution in [0, 0.1) is 5.82 Å². The Kier molecular flexibility index (Phi) is 4.73. The molecule has 0 aromatic heterocycles. The number of rotatable bonds is 4. The molecule has 0 saturated heterocycles. The molecule has 122 valence electrons. The monoisotopic (exact) mass is 315 g/mol. The van der Waals surface area contributed by atoms with E-state index in [9.17, 15) is 14.3 Å². The fraction of sp³-hybridized carbons (Fsp3) is 0.316. The quantitative estimate of drug-likeness (QED) is 0.904. The highest BCUT2D eigenvalue weighted by Crippen LogP contribution is 2.31. The minimum absolute atomic E-state index is 0.0734. The maximum atomic E-state index is 13.0. The molecule has 1 unspecified atom stereocenters. The third-order valence-electron chi connectivity index (χ3n) is 3.99. The Morgan fingerprint density at radius 3 is 2.26 bits per heavy atom. The third-order valence-corrected chi connectivity index (χ3v) is 3.99. The number of carbonyl (C=O) groups excluding carboxylic acids is 1. The van der Waals surface area contributed by atoms with E-state index in [4.69, 9.17) is 5.73 Å². The van der Waals surface area contributed by atoms with E-state index >= 15 is 0 Å². The minimum atomic E-state index is -0.609. The number of phenols is 1. The molecule has 0 spiro atoms. The van der Waals surface area contributed by atoms with Gasteiger partial charge in [0.05, 0.1) is 5.92 Å². The first-order chi connectivity index (χ1) is 10.7. The van der Waals surface area contributed by atoms with E-state index in [1.807, 2.05) is 12.1 Å². The summed E-state index contributed by atoms with van der Waals surface area (Å²) in [6, 6.07) is 11.2. The van der Waals surface area contributed by atoms with Crippen LogP contribution in [0.4, 0.5) is 4.39 Å². The van der Waals surface area contributed by atoms with Gasteiger partial charge in [0.25, 0.3) is 0 Å². The van der Waals surface area contributed by atoms with Gasteiger partial charge in [0, 0.05) is 0 Å². The number of nitrogens with two attached hydrogens (primary N) is 1. The molecule has 0 aliphatic carbocycles. The molecule has 1 amide bonds. The molecule has 0 fully saturated rings. The minimum Gasteiger partial charge on any atom is -0.508 e. The number of carbonyl (C=O) groups is 1. The zero-order chi connectivity index (χ0) is 17.2. The summed E-state index contributed by atoms with van der Waals surface area (Å²) in [5.74, 6) is -1.34. The second kappa shape index (κ2) is 6.41. The lowest BCUT2D eigenvalue weighted by Gasteiger charge is -2.21. The van der Waals surface area contributed by atoms with E-state index in [1.165, 1.54) is 12.1 Å². The predicted octanol–water partition coefficient (Wildman–Crippen LogP) is 3.64. The van der Waals surface area contributed by atoms with Crippen LogP contribution in [0.25, 0.3) is 0 Å². The third kappa shape index (κ3) is 4.09. The number of hydrogen-bond acceptors (Lipinski definition) is 2. The van der Waals surface area contributed by atoms with Crippen LogP contribution >= 0.6 is 0 Å². The molecule has 3 nitrogen and oxygen atoms in total.